The van der Waals surface area contributed by atoms with E-state index in [9.17, 15) is 4.79 Å². The molecule has 2 aromatic carbocycles. The molecule has 5 heteroatoms. The fourth-order valence-corrected chi connectivity index (χ4v) is 1.91. The van der Waals surface area contributed by atoms with E-state index < -0.39 is 0 Å². The highest BCUT2D eigenvalue weighted by molar-refractivity contribution is 5.95. The van der Waals surface area contributed by atoms with E-state index in [0.717, 1.165) is 11.3 Å². The normalized spacial score (nSPS) is 10.8. The highest BCUT2D eigenvalue weighted by Gasteiger charge is 2.04. The SMILES string of the molecule is COc1cccc(C(=O)N/N=C/c2ccc(OCC(C)C)cc2)c1. The van der Waals surface area contributed by atoms with Crippen molar-refractivity contribution in [1.29, 1.82) is 0 Å². The highest BCUT2D eigenvalue weighted by atomic mass is 16.5. The molecule has 0 atom stereocenters. The number of carbonyl (C=O) groups excluding carboxylic acids is 1. The third-order valence-electron chi connectivity index (χ3n) is 3.18. The number of carbonyl (C=O) groups is 1. The second-order valence-corrected chi connectivity index (χ2v) is 5.70. The van der Waals surface area contributed by atoms with E-state index in [1.165, 1.54) is 0 Å². The van der Waals surface area contributed by atoms with Crippen LogP contribution in [-0.2, 0) is 0 Å². The summed E-state index contributed by atoms with van der Waals surface area (Å²) >= 11 is 0. The van der Waals surface area contributed by atoms with Crippen molar-refractivity contribution in [2.75, 3.05) is 13.7 Å². The van der Waals surface area contributed by atoms with Gasteiger partial charge in [0.1, 0.15) is 11.5 Å². The summed E-state index contributed by atoms with van der Waals surface area (Å²) in [5.41, 5.74) is 3.86. The van der Waals surface area contributed by atoms with Gasteiger partial charge in [-0.2, -0.15) is 5.10 Å². The summed E-state index contributed by atoms with van der Waals surface area (Å²) in [7, 11) is 1.56. The zero-order valence-electron chi connectivity index (χ0n) is 14.2. The molecule has 0 fully saturated rings. The van der Waals surface area contributed by atoms with Gasteiger partial charge in [-0.15, -0.1) is 0 Å². The molecule has 2 rings (SSSR count). The molecule has 0 heterocycles. The van der Waals surface area contributed by atoms with Crippen LogP contribution in [0.4, 0.5) is 0 Å². The Kier molecular flexibility index (Phi) is 6.37. The summed E-state index contributed by atoms with van der Waals surface area (Å²) in [6.07, 6.45) is 1.59. The molecule has 5 nitrogen and oxygen atoms in total. The third-order valence-corrected chi connectivity index (χ3v) is 3.18. The van der Waals surface area contributed by atoms with E-state index in [1.54, 1.807) is 37.6 Å². The van der Waals surface area contributed by atoms with Crippen molar-refractivity contribution in [3.63, 3.8) is 0 Å². The predicted molar refractivity (Wildman–Crippen MR) is 94.8 cm³/mol. The largest absolute Gasteiger partial charge is 0.497 e. The number of amides is 1. The Morgan fingerprint density at radius 2 is 1.92 bits per heavy atom. The topological polar surface area (TPSA) is 59.9 Å². The Hall–Kier alpha value is -2.82. The quantitative estimate of drug-likeness (QED) is 0.626. The Morgan fingerprint density at radius 3 is 2.58 bits per heavy atom. The standard InChI is InChI=1S/C19H22N2O3/c1-14(2)13-24-17-9-7-15(8-10-17)12-20-21-19(22)16-5-4-6-18(11-16)23-3/h4-12,14H,13H2,1-3H3,(H,21,22)/b20-12+. The number of hydrogen-bond acceptors (Lipinski definition) is 4. The summed E-state index contributed by atoms with van der Waals surface area (Å²) in [5.74, 6) is 1.64. The first-order valence-corrected chi connectivity index (χ1v) is 7.79. The van der Waals surface area contributed by atoms with Crippen LogP contribution in [0.15, 0.2) is 53.6 Å². The average Bonchev–Trinajstić information content (AvgIpc) is 2.61. The van der Waals surface area contributed by atoms with Gasteiger partial charge in [-0.3, -0.25) is 4.79 Å². The number of rotatable bonds is 7. The van der Waals surface area contributed by atoms with E-state index in [1.807, 2.05) is 24.3 Å². The van der Waals surface area contributed by atoms with E-state index in [-0.39, 0.29) is 5.91 Å². The lowest BCUT2D eigenvalue weighted by Crippen LogP contribution is -2.17. The molecule has 0 unspecified atom stereocenters. The molecule has 126 valence electrons. The molecular formula is C19H22N2O3. The molecule has 0 saturated carbocycles. The van der Waals surface area contributed by atoms with Crippen molar-refractivity contribution in [3.8, 4) is 11.5 Å². The molecular weight excluding hydrogens is 304 g/mol. The Labute approximate surface area is 142 Å². The zero-order chi connectivity index (χ0) is 17.4. The number of methoxy groups -OCH3 is 1. The van der Waals surface area contributed by atoms with Crippen LogP contribution in [-0.4, -0.2) is 25.8 Å². The molecule has 0 radical (unpaired) electrons. The number of nitrogens with one attached hydrogen (secondary N) is 1. The number of hydrazone groups is 1. The summed E-state index contributed by atoms with van der Waals surface area (Å²) in [6.45, 7) is 4.89. The van der Waals surface area contributed by atoms with Crippen molar-refractivity contribution >= 4 is 12.1 Å². The number of hydrogen-bond donors (Lipinski definition) is 1. The van der Waals surface area contributed by atoms with Crippen LogP contribution in [0.25, 0.3) is 0 Å². The smallest absolute Gasteiger partial charge is 0.271 e. The van der Waals surface area contributed by atoms with Gasteiger partial charge in [0.15, 0.2) is 0 Å². The molecule has 0 aliphatic heterocycles. The van der Waals surface area contributed by atoms with Crippen LogP contribution in [0.2, 0.25) is 0 Å². The van der Waals surface area contributed by atoms with Crippen LogP contribution < -0.4 is 14.9 Å². The van der Waals surface area contributed by atoms with Gasteiger partial charge in [-0.25, -0.2) is 5.43 Å². The predicted octanol–water partition coefficient (Wildman–Crippen LogP) is 3.49. The molecule has 24 heavy (non-hydrogen) atoms. The first kappa shape index (κ1) is 17.5. The van der Waals surface area contributed by atoms with Crippen LogP contribution in [0.3, 0.4) is 0 Å². The molecule has 0 spiro atoms. The minimum Gasteiger partial charge on any atom is -0.497 e. The van der Waals surface area contributed by atoms with E-state index in [2.05, 4.69) is 24.4 Å². The molecule has 1 amide bonds. The van der Waals surface area contributed by atoms with Gasteiger partial charge in [-0.1, -0.05) is 19.9 Å². The molecule has 1 N–H and O–H groups in total. The van der Waals surface area contributed by atoms with Gasteiger partial charge in [0.2, 0.25) is 0 Å². The van der Waals surface area contributed by atoms with Gasteiger partial charge >= 0.3 is 0 Å². The van der Waals surface area contributed by atoms with Crippen molar-refractivity contribution in [2.24, 2.45) is 11.0 Å². The van der Waals surface area contributed by atoms with Crippen LogP contribution in [0.5, 0.6) is 11.5 Å². The summed E-state index contributed by atoms with van der Waals surface area (Å²) in [5, 5.41) is 3.97. The molecule has 0 aliphatic rings. The third kappa shape index (κ3) is 5.43. The number of benzene rings is 2. The second kappa shape index (κ2) is 8.72. The summed E-state index contributed by atoms with van der Waals surface area (Å²) < 4.78 is 10.7. The number of nitrogens with zero attached hydrogens (tertiary/aromatic N) is 1. The first-order valence-electron chi connectivity index (χ1n) is 7.79. The first-order chi connectivity index (χ1) is 11.6. The zero-order valence-corrected chi connectivity index (χ0v) is 14.2. The Balaban J connectivity index is 1.90. The second-order valence-electron chi connectivity index (χ2n) is 5.70. The molecule has 0 aromatic heterocycles. The van der Waals surface area contributed by atoms with Crippen molar-refractivity contribution in [2.45, 2.75) is 13.8 Å². The van der Waals surface area contributed by atoms with Crippen LogP contribution >= 0.6 is 0 Å². The van der Waals surface area contributed by atoms with E-state index in [0.29, 0.717) is 23.8 Å². The summed E-state index contributed by atoms with van der Waals surface area (Å²) in [4.78, 5) is 12.0. The van der Waals surface area contributed by atoms with Crippen LogP contribution in [0, 0.1) is 5.92 Å². The van der Waals surface area contributed by atoms with Gasteiger partial charge in [-0.05, 0) is 53.9 Å². The number of ether oxygens (including phenoxy) is 2. The van der Waals surface area contributed by atoms with Crippen LogP contribution in [0.1, 0.15) is 29.8 Å². The molecule has 0 bridgehead atoms. The molecule has 0 aliphatic carbocycles. The molecule has 0 saturated heterocycles. The van der Waals surface area contributed by atoms with Gasteiger partial charge < -0.3 is 9.47 Å². The lowest BCUT2D eigenvalue weighted by molar-refractivity contribution is 0.0955. The minimum atomic E-state index is -0.290. The Bertz CT molecular complexity index is 694. The highest BCUT2D eigenvalue weighted by Crippen LogP contribution is 2.13. The fourth-order valence-electron chi connectivity index (χ4n) is 1.91. The maximum atomic E-state index is 12.0. The monoisotopic (exact) mass is 326 g/mol. The van der Waals surface area contributed by atoms with Crippen molar-refractivity contribution in [3.05, 3.63) is 59.7 Å². The summed E-state index contributed by atoms with van der Waals surface area (Å²) in [6, 6.07) is 14.4. The fraction of sp³-hybridized carbons (Fsp3) is 0.263. The van der Waals surface area contributed by atoms with Gasteiger partial charge in [0.05, 0.1) is 19.9 Å². The molecule has 2 aromatic rings. The van der Waals surface area contributed by atoms with Crippen molar-refractivity contribution in [1.82, 2.24) is 5.43 Å². The lowest BCUT2D eigenvalue weighted by atomic mass is 10.2. The minimum absolute atomic E-state index is 0.290. The van der Waals surface area contributed by atoms with E-state index >= 15 is 0 Å². The Morgan fingerprint density at radius 1 is 1.17 bits per heavy atom. The maximum Gasteiger partial charge on any atom is 0.271 e. The van der Waals surface area contributed by atoms with Gasteiger partial charge in [0.25, 0.3) is 5.91 Å². The van der Waals surface area contributed by atoms with Gasteiger partial charge in [0, 0.05) is 5.56 Å². The van der Waals surface area contributed by atoms with E-state index in [4.69, 9.17) is 9.47 Å². The average molecular weight is 326 g/mol. The lowest BCUT2D eigenvalue weighted by Gasteiger charge is -2.08. The van der Waals surface area contributed by atoms with Crippen molar-refractivity contribution < 1.29 is 14.3 Å². The maximum absolute atomic E-state index is 12.0.